The third kappa shape index (κ3) is 2.06. The second-order valence-electron chi connectivity index (χ2n) is 6.12. The molecule has 5 aromatic rings. The number of aromatic nitrogens is 2. The first-order valence-electron chi connectivity index (χ1n) is 8.02. The van der Waals surface area contributed by atoms with Crippen molar-refractivity contribution in [3.63, 3.8) is 0 Å². The minimum Gasteiger partial charge on any atom is -0.292 e. The summed E-state index contributed by atoms with van der Waals surface area (Å²) in [5.74, 6) is 0. The standard InChI is InChI=1S/C21H12IN3/c22-11-13-5-8-16-17(9-13)15-7-6-14(12-23)10-20(15)25-19-4-2-1-3-18(19)24-21(16)25/h1-10H,11H2. The van der Waals surface area contributed by atoms with Crippen molar-refractivity contribution >= 4 is 60.9 Å². The highest BCUT2D eigenvalue weighted by molar-refractivity contribution is 14.1. The van der Waals surface area contributed by atoms with E-state index in [1.165, 1.54) is 10.9 Å². The summed E-state index contributed by atoms with van der Waals surface area (Å²) in [6.45, 7) is 0. The molecule has 0 fully saturated rings. The lowest BCUT2D eigenvalue weighted by Crippen LogP contribution is -1.93. The fraction of sp³-hybridized carbons (Fsp3) is 0.0476. The van der Waals surface area contributed by atoms with Gasteiger partial charge < -0.3 is 0 Å². The molecule has 3 aromatic carbocycles. The summed E-state index contributed by atoms with van der Waals surface area (Å²) in [6, 6.07) is 22.9. The fourth-order valence-corrected chi connectivity index (χ4v) is 4.03. The predicted molar refractivity (Wildman–Crippen MR) is 110 cm³/mol. The van der Waals surface area contributed by atoms with Crippen molar-refractivity contribution in [1.29, 1.82) is 5.26 Å². The Morgan fingerprint density at radius 1 is 0.920 bits per heavy atom. The molecule has 25 heavy (non-hydrogen) atoms. The lowest BCUT2D eigenvalue weighted by molar-refractivity contribution is 1.31. The van der Waals surface area contributed by atoms with E-state index >= 15 is 0 Å². The van der Waals surface area contributed by atoms with Gasteiger partial charge in [-0.15, -0.1) is 0 Å². The first kappa shape index (κ1) is 14.7. The Hall–Kier alpha value is -2.65. The van der Waals surface area contributed by atoms with Crippen molar-refractivity contribution in [2.45, 2.75) is 4.43 Å². The zero-order valence-electron chi connectivity index (χ0n) is 13.2. The fourth-order valence-electron chi connectivity index (χ4n) is 3.56. The number of hydrogen-bond acceptors (Lipinski definition) is 2. The van der Waals surface area contributed by atoms with Crippen LogP contribution in [0, 0.1) is 11.3 Å². The summed E-state index contributed by atoms with van der Waals surface area (Å²) in [5, 5.41) is 12.8. The van der Waals surface area contributed by atoms with Crippen LogP contribution in [0.15, 0.2) is 60.7 Å². The van der Waals surface area contributed by atoms with Gasteiger partial charge in [-0.3, -0.25) is 4.40 Å². The van der Waals surface area contributed by atoms with E-state index in [4.69, 9.17) is 4.98 Å². The Morgan fingerprint density at radius 2 is 1.76 bits per heavy atom. The number of halogens is 1. The van der Waals surface area contributed by atoms with Gasteiger partial charge in [-0.1, -0.05) is 52.9 Å². The number of hydrogen-bond donors (Lipinski definition) is 0. The minimum absolute atomic E-state index is 0.663. The molecule has 0 unspecified atom stereocenters. The highest BCUT2D eigenvalue weighted by Gasteiger charge is 2.14. The van der Waals surface area contributed by atoms with E-state index in [1.807, 2.05) is 30.3 Å². The van der Waals surface area contributed by atoms with Gasteiger partial charge in [0.1, 0.15) is 5.65 Å². The van der Waals surface area contributed by atoms with Gasteiger partial charge in [-0.2, -0.15) is 5.26 Å². The molecule has 0 spiro atoms. The minimum atomic E-state index is 0.663. The largest absolute Gasteiger partial charge is 0.292 e. The molecule has 5 rings (SSSR count). The third-order valence-corrected chi connectivity index (χ3v) is 5.58. The van der Waals surface area contributed by atoms with Crippen LogP contribution in [-0.4, -0.2) is 9.38 Å². The SMILES string of the molecule is N#Cc1ccc2c3cc(CI)ccc3c3nc4ccccc4n3c2c1. The van der Waals surface area contributed by atoms with Gasteiger partial charge >= 0.3 is 0 Å². The normalized spacial score (nSPS) is 11.5. The highest BCUT2D eigenvalue weighted by atomic mass is 127. The number of pyridine rings is 1. The van der Waals surface area contributed by atoms with Gasteiger partial charge in [-0.05, 0) is 41.3 Å². The van der Waals surface area contributed by atoms with Gasteiger partial charge in [0.2, 0.25) is 0 Å². The van der Waals surface area contributed by atoms with Gasteiger partial charge in [-0.25, -0.2) is 4.98 Å². The van der Waals surface area contributed by atoms with E-state index in [9.17, 15) is 5.26 Å². The van der Waals surface area contributed by atoms with Crippen LogP contribution in [0.3, 0.4) is 0 Å². The molecule has 118 valence electrons. The average molecular weight is 433 g/mol. The van der Waals surface area contributed by atoms with Gasteiger partial charge in [0.15, 0.2) is 0 Å². The molecule has 4 heteroatoms. The average Bonchev–Trinajstić information content (AvgIpc) is 3.07. The van der Waals surface area contributed by atoms with Crippen LogP contribution in [0.1, 0.15) is 11.1 Å². The Kier molecular flexibility index (Phi) is 3.19. The molecule has 0 amide bonds. The molecule has 2 aromatic heterocycles. The van der Waals surface area contributed by atoms with Gasteiger partial charge in [0.05, 0.1) is 28.2 Å². The lowest BCUT2D eigenvalue weighted by atomic mass is 10.0. The van der Waals surface area contributed by atoms with Gasteiger partial charge in [0.25, 0.3) is 0 Å². The van der Waals surface area contributed by atoms with Crippen LogP contribution in [0.5, 0.6) is 0 Å². The Balaban J connectivity index is 2.14. The van der Waals surface area contributed by atoms with E-state index in [1.54, 1.807) is 0 Å². The maximum atomic E-state index is 9.35. The zero-order chi connectivity index (χ0) is 17.0. The molecule has 0 atom stereocenters. The van der Waals surface area contributed by atoms with E-state index in [2.05, 4.69) is 63.4 Å². The topological polar surface area (TPSA) is 41.1 Å². The maximum Gasteiger partial charge on any atom is 0.146 e. The number of alkyl halides is 1. The van der Waals surface area contributed by atoms with E-state index in [0.29, 0.717) is 5.56 Å². The zero-order valence-corrected chi connectivity index (χ0v) is 15.4. The molecule has 0 saturated heterocycles. The second kappa shape index (κ2) is 5.43. The van der Waals surface area contributed by atoms with Gasteiger partial charge in [0, 0.05) is 15.2 Å². The van der Waals surface area contributed by atoms with Crippen LogP contribution in [0.4, 0.5) is 0 Å². The number of fused-ring (bicyclic) bond motifs is 8. The summed E-state index contributed by atoms with van der Waals surface area (Å²) < 4.78 is 3.14. The van der Waals surface area contributed by atoms with Crippen molar-refractivity contribution in [3.05, 3.63) is 71.8 Å². The molecule has 0 aliphatic carbocycles. The van der Waals surface area contributed by atoms with Crippen molar-refractivity contribution < 1.29 is 0 Å². The molecular weight excluding hydrogens is 421 g/mol. The molecule has 2 heterocycles. The maximum absolute atomic E-state index is 9.35. The molecular formula is C21H12IN3. The smallest absolute Gasteiger partial charge is 0.146 e. The number of imidazole rings is 1. The summed E-state index contributed by atoms with van der Waals surface area (Å²) >= 11 is 2.39. The van der Waals surface area contributed by atoms with E-state index in [0.717, 1.165) is 37.4 Å². The van der Waals surface area contributed by atoms with E-state index < -0.39 is 0 Å². The summed E-state index contributed by atoms with van der Waals surface area (Å²) in [6.07, 6.45) is 0. The third-order valence-electron chi connectivity index (χ3n) is 4.70. The molecule has 0 saturated carbocycles. The quantitative estimate of drug-likeness (QED) is 0.196. The van der Waals surface area contributed by atoms with Crippen LogP contribution in [0.25, 0.3) is 38.4 Å². The first-order chi connectivity index (χ1) is 12.3. The predicted octanol–water partition coefficient (Wildman–Crippen LogP) is 5.60. The number of rotatable bonds is 1. The Labute approximate surface area is 157 Å². The first-order valence-corrected chi connectivity index (χ1v) is 9.54. The van der Waals surface area contributed by atoms with Crippen molar-refractivity contribution in [3.8, 4) is 6.07 Å². The summed E-state index contributed by atoms with van der Waals surface area (Å²) in [4.78, 5) is 4.88. The number of nitriles is 1. The number of nitrogens with zero attached hydrogens (tertiary/aromatic N) is 3. The van der Waals surface area contributed by atoms with E-state index in [-0.39, 0.29) is 0 Å². The molecule has 0 aliphatic rings. The van der Waals surface area contributed by atoms with Crippen LogP contribution in [-0.2, 0) is 4.43 Å². The highest BCUT2D eigenvalue weighted by Crippen LogP contribution is 2.33. The van der Waals surface area contributed by atoms with Crippen molar-refractivity contribution in [2.75, 3.05) is 0 Å². The molecule has 0 radical (unpaired) electrons. The summed E-state index contributed by atoms with van der Waals surface area (Å²) in [5.41, 5.74) is 5.96. The van der Waals surface area contributed by atoms with Crippen LogP contribution < -0.4 is 0 Å². The van der Waals surface area contributed by atoms with Crippen molar-refractivity contribution in [2.24, 2.45) is 0 Å². The van der Waals surface area contributed by atoms with Crippen molar-refractivity contribution in [1.82, 2.24) is 9.38 Å². The second-order valence-corrected chi connectivity index (χ2v) is 6.88. The molecule has 0 bridgehead atoms. The number of benzene rings is 3. The van der Waals surface area contributed by atoms with Crippen LogP contribution in [0.2, 0.25) is 0 Å². The molecule has 0 N–H and O–H groups in total. The number of para-hydroxylation sites is 2. The Bertz CT molecular complexity index is 1340. The molecule has 3 nitrogen and oxygen atoms in total. The van der Waals surface area contributed by atoms with Crippen LogP contribution >= 0.6 is 22.6 Å². The Morgan fingerprint density at radius 3 is 2.60 bits per heavy atom. The molecule has 0 aliphatic heterocycles. The lowest BCUT2D eigenvalue weighted by Gasteiger charge is -2.10. The summed E-state index contributed by atoms with van der Waals surface area (Å²) in [7, 11) is 0. The monoisotopic (exact) mass is 433 g/mol.